The van der Waals surface area contributed by atoms with Gasteiger partial charge in [-0.05, 0) is 30.3 Å². The second-order valence-electron chi connectivity index (χ2n) is 5.22. The summed E-state index contributed by atoms with van der Waals surface area (Å²) in [7, 11) is 3.02. The van der Waals surface area contributed by atoms with E-state index in [0.29, 0.717) is 28.9 Å². The fraction of sp³-hybridized carbons (Fsp3) is 0.111. The first kappa shape index (κ1) is 17.4. The zero-order chi connectivity index (χ0) is 18.7. The highest BCUT2D eigenvalue weighted by Crippen LogP contribution is 2.32. The number of amides is 1. The number of rotatable bonds is 5. The number of nitrogens with one attached hydrogen (secondary N) is 1. The normalized spacial score (nSPS) is 10.5. The average Bonchev–Trinajstić information content (AvgIpc) is 3.13. The predicted octanol–water partition coefficient (Wildman–Crippen LogP) is 3.89. The Morgan fingerprint density at radius 1 is 1.04 bits per heavy atom. The molecule has 0 bridgehead atoms. The van der Waals surface area contributed by atoms with Gasteiger partial charge in [-0.15, -0.1) is 0 Å². The summed E-state index contributed by atoms with van der Waals surface area (Å²) in [5.74, 6) is -0.970. The minimum absolute atomic E-state index is 0.0569. The summed E-state index contributed by atoms with van der Waals surface area (Å²) >= 11 is 0. The van der Waals surface area contributed by atoms with Crippen molar-refractivity contribution in [2.45, 2.75) is 0 Å². The zero-order valence-corrected chi connectivity index (χ0v) is 13.9. The number of aromatic nitrogens is 1. The van der Waals surface area contributed by atoms with E-state index in [2.05, 4.69) is 10.5 Å². The van der Waals surface area contributed by atoms with Crippen molar-refractivity contribution in [3.63, 3.8) is 0 Å². The third-order valence-corrected chi connectivity index (χ3v) is 3.59. The molecule has 8 heteroatoms. The van der Waals surface area contributed by atoms with Crippen LogP contribution in [0.1, 0.15) is 10.5 Å². The van der Waals surface area contributed by atoms with Crippen LogP contribution in [0.25, 0.3) is 11.3 Å². The molecule has 26 heavy (non-hydrogen) atoms. The largest absolute Gasteiger partial charge is 0.493 e. The molecule has 1 heterocycles. The number of methoxy groups -OCH3 is 2. The number of halogens is 2. The van der Waals surface area contributed by atoms with Crippen molar-refractivity contribution in [3.05, 3.63) is 59.8 Å². The van der Waals surface area contributed by atoms with Crippen LogP contribution in [0, 0.1) is 11.6 Å². The van der Waals surface area contributed by atoms with Crippen LogP contribution in [0.2, 0.25) is 0 Å². The lowest BCUT2D eigenvalue weighted by molar-refractivity contribution is 0.101. The summed E-state index contributed by atoms with van der Waals surface area (Å²) < 4.78 is 42.1. The molecule has 0 atom stereocenters. The molecule has 134 valence electrons. The summed E-state index contributed by atoms with van der Waals surface area (Å²) in [5, 5.41) is 5.99. The Balaban J connectivity index is 1.82. The van der Waals surface area contributed by atoms with Crippen molar-refractivity contribution < 1.29 is 27.6 Å². The number of ether oxygens (including phenoxy) is 2. The van der Waals surface area contributed by atoms with Gasteiger partial charge in [0.05, 0.1) is 19.9 Å². The van der Waals surface area contributed by atoms with Crippen LogP contribution < -0.4 is 14.8 Å². The number of benzene rings is 2. The van der Waals surface area contributed by atoms with E-state index in [0.717, 1.165) is 12.1 Å². The minimum Gasteiger partial charge on any atom is -0.493 e. The topological polar surface area (TPSA) is 73.6 Å². The molecule has 1 amide bonds. The average molecular weight is 360 g/mol. The van der Waals surface area contributed by atoms with Crippen LogP contribution in [0.3, 0.4) is 0 Å². The zero-order valence-electron chi connectivity index (χ0n) is 13.9. The summed E-state index contributed by atoms with van der Waals surface area (Å²) in [6.45, 7) is 0. The van der Waals surface area contributed by atoms with E-state index in [1.165, 1.54) is 20.3 Å². The van der Waals surface area contributed by atoms with Gasteiger partial charge in [-0.25, -0.2) is 8.78 Å². The van der Waals surface area contributed by atoms with Crippen molar-refractivity contribution in [3.8, 4) is 22.8 Å². The number of anilines is 1. The van der Waals surface area contributed by atoms with Crippen molar-refractivity contribution in [2.24, 2.45) is 0 Å². The molecule has 0 spiro atoms. The lowest BCUT2D eigenvalue weighted by Gasteiger charge is -2.07. The third kappa shape index (κ3) is 3.49. The fourth-order valence-electron chi connectivity index (χ4n) is 2.28. The second kappa shape index (κ2) is 7.22. The third-order valence-electron chi connectivity index (χ3n) is 3.59. The van der Waals surface area contributed by atoms with Crippen LogP contribution in [0.4, 0.5) is 14.5 Å². The molecule has 3 rings (SSSR count). The van der Waals surface area contributed by atoms with Crippen LogP contribution in [-0.4, -0.2) is 25.3 Å². The van der Waals surface area contributed by atoms with Gasteiger partial charge in [-0.3, -0.25) is 4.79 Å². The molecule has 0 radical (unpaired) electrons. The molecule has 0 saturated heterocycles. The van der Waals surface area contributed by atoms with Crippen LogP contribution in [0.15, 0.2) is 47.0 Å². The molecule has 3 aromatic rings. The first-order valence-electron chi connectivity index (χ1n) is 7.47. The molecule has 0 saturated carbocycles. The van der Waals surface area contributed by atoms with Gasteiger partial charge in [0.2, 0.25) is 0 Å². The Labute approximate surface area is 147 Å². The van der Waals surface area contributed by atoms with Crippen molar-refractivity contribution >= 4 is 11.6 Å². The minimum atomic E-state index is -0.887. The van der Waals surface area contributed by atoms with Crippen LogP contribution in [0.5, 0.6) is 11.5 Å². The standard InChI is InChI=1S/C18H14F2N2O4/c1-24-15-6-3-10(7-17(15)25-2)16-9-14(22-26-16)18(23)21-13-5-4-11(19)8-12(13)20/h3-9H,1-2H3,(H,21,23). The lowest BCUT2D eigenvalue weighted by Crippen LogP contribution is -2.13. The molecule has 0 fully saturated rings. The van der Waals surface area contributed by atoms with Crippen LogP contribution in [-0.2, 0) is 0 Å². The highest BCUT2D eigenvalue weighted by molar-refractivity contribution is 6.03. The SMILES string of the molecule is COc1ccc(-c2cc(C(=O)Nc3ccc(F)cc3F)no2)cc1OC. The molecule has 1 N–H and O–H groups in total. The highest BCUT2D eigenvalue weighted by atomic mass is 19.1. The smallest absolute Gasteiger partial charge is 0.277 e. The summed E-state index contributed by atoms with van der Waals surface area (Å²) in [6.07, 6.45) is 0. The monoisotopic (exact) mass is 360 g/mol. The van der Waals surface area contributed by atoms with Crippen molar-refractivity contribution in [1.82, 2.24) is 5.16 Å². The molecule has 0 aliphatic rings. The first-order valence-corrected chi connectivity index (χ1v) is 7.47. The van der Waals surface area contributed by atoms with Gasteiger partial charge in [-0.1, -0.05) is 5.16 Å². The maximum atomic E-state index is 13.6. The molecule has 0 unspecified atom stereocenters. The number of carbonyl (C=O) groups is 1. The number of nitrogens with zero attached hydrogens (tertiary/aromatic N) is 1. The van der Waals surface area contributed by atoms with Gasteiger partial charge in [0.25, 0.3) is 5.91 Å². The molecule has 2 aromatic carbocycles. The second-order valence-corrected chi connectivity index (χ2v) is 5.22. The van der Waals surface area contributed by atoms with Crippen molar-refractivity contribution in [2.75, 3.05) is 19.5 Å². The van der Waals surface area contributed by atoms with Gasteiger partial charge >= 0.3 is 0 Å². The van der Waals surface area contributed by atoms with E-state index in [-0.39, 0.29) is 11.4 Å². The quantitative estimate of drug-likeness (QED) is 0.747. The Morgan fingerprint density at radius 2 is 1.81 bits per heavy atom. The maximum Gasteiger partial charge on any atom is 0.277 e. The Kier molecular flexibility index (Phi) is 4.83. The summed E-state index contributed by atoms with van der Waals surface area (Å²) in [6, 6.07) is 9.30. The number of hydrogen-bond acceptors (Lipinski definition) is 5. The predicted molar refractivity (Wildman–Crippen MR) is 89.4 cm³/mol. The van der Waals surface area contributed by atoms with E-state index >= 15 is 0 Å². The summed E-state index contributed by atoms with van der Waals surface area (Å²) in [5.41, 5.74) is 0.396. The Hall–Kier alpha value is -3.42. The van der Waals surface area contributed by atoms with E-state index < -0.39 is 17.5 Å². The summed E-state index contributed by atoms with van der Waals surface area (Å²) in [4.78, 5) is 12.2. The Bertz CT molecular complexity index is 956. The van der Waals surface area contributed by atoms with E-state index in [4.69, 9.17) is 14.0 Å². The highest BCUT2D eigenvalue weighted by Gasteiger charge is 2.17. The van der Waals surface area contributed by atoms with Gasteiger partial charge in [0.1, 0.15) is 11.6 Å². The Morgan fingerprint density at radius 3 is 2.50 bits per heavy atom. The van der Waals surface area contributed by atoms with Crippen LogP contribution >= 0.6 is 0 Å². The fourth-order valence-corrected chi connectivity index (χ4v) is 2.28. The maximum absolute atomic E-state index is 13.6. The molecule has 0 aliphatic heterocycles. The van der Waals surface area contributed by atoms with Gasteiger partial charge in [0.15, 0.2) is 23.0 Å². The van der Waals surface area contributed by atoms with Gasteiger partial charge < -0.3 is 19.3 Å². The molecule has 1 aromatic heterocycles. The number of hydrogen-bond donors (Lipinski definition) is 1. The first-order chi connectivity index (χ1) is 12.5. The number of carbonyl (C=O) groups excluding carboxylic acids is 1. The van der Waals surface area contributed by atoms with Crippen molar-refractivity contribution in [1.29, 1.82) is 0 Å². The lowest BCUT2D eigenvalue weighted by atomic mass is 10.1. The van der Waals surface area contributed by atoms with Gasteiger partial charge in [0, 0.05) is 17.7 Å². The molecule has 6 nitrogen and oxygen atoms in total. The molecular weight excluding hydrogens is 346 g/mol. The van der Waals surface area contributed by atoms with E-state index in [1.54, 1.807) is 18.2 Å². The van der Waals surface area contributed by atoms with E-state index in [1.807, 2.05) is 0 Å². The van der Waals surface area contributed by atoms with Gasteiger partial charge in [-0.2, -0.15) is 0 Å². The van der Waals surface area contributed by atoms with E-state index in [9.17, 15) is 13.6 Å². The molecule has 0 aliphatic carbocycles. The molecular formula is C18H14F2N2O4.